The van der Waals surface area contributed by atoms with Crippen molar-refractivity contribution in [3.63, 3.8) is 0 Å². The molecule has 5 fully saturated rings. The van der Waals surface area contributed by atoms with Gasteiger partial charge in [-0.05, 0) is 99.4 Å². The first-order valence-corrected chi connectivity index (χ1v) is 12.5. The SMILES string of the molecule is O[C@H](c1cc(C23CC4CC(CC(C4)C2)C3)nc2c(Cl)cc(Cl)cc12)[C@@H]1CCCCN1. The predicted octanol–water partition coefficient (Wildman–Crippen LogP) is 6.18. The summed E-state index contributed by atoms with van der Waals surface area (Å²) >= 11 is 13.0. The highest BCUT2D eigenvalue weighted by atomic mass is 35.5. The van der Waals surface area contributed by atoms with Crippen molar-refractivity contribution in [3.05, 3.63) is 39.5 Å². The minimum Gasteiger partial charge on any atom is -0.387 e. The molecule has 4 saturated carbocycles. The number of hydrogen-bond acceptors (Lipinski definition) is 3. The molecule has 0 spiro atoms. The zero-order chi connectivity index (χ0) is 20.5. The van der Waals surface area contributed by atoms with Gasteiger partial charge in [-0.1, -0.05) is 29.6 Å². The van der Waals surface area contributed by atoms with Gasteiger partial charge >= 0.3 is 0 Å². The molecule has 2 N–H and O–H groups in total. The van der Waals surface area contributed by atoms with Crippen LogP contribution in [0.2, 0.25) is 10.0 Å². The van der Waals surface area contributed by atoms with E-state index in [0.717, 1.165) is 53.6 Å². The highest BCUT2D eigenvalue weighted by Gasteiger charge is 2.52. The molecule has 160 valence electrons. The number of halogens is 2. The molecule has 5 heteroatoms. The fourth-order valence-corrected chi connectivity index (χ4v) is 8.12. The van der Waals surface area contributed by atoms with Crippen LogP contribution in [0.1, 0.15) is 75.1 Å². The summed E-state index contributed by atoms with van der Waals surface area (Å²) in [5, 5.41) is 17.1. The minimum absolute atomic E-state index is 0.0753. The van der Waals surface area contributed by atoms with Crippen molar-refractivity contribution >= 4 is 34.1 Å². The Hall–Kier alpha value is -0.870. The molecule has 1 aliphatic heterocycles. The number of aliphatic hydroxyl groups is 1. The zero-order valence-electron chi connectivity index (χ0n) is 17.3. The van der Waals surface area contributed by atoms with Gasteiger partial charge in [-0.3, -0.25) is 4.98 Å². The van der Waals surface area contributed by atoms with Crippen LogP contribution >= 0.6 is 23.2 Å². The van der Waals surface area contributed by atoms with Crippen LogP contribution in [0.25, 0.3) is 10.9 Å². The zero-order valence-corrected chi connectivity index (χ0v) is 18.9. The van der Waals surface area contributed by atoms with Crippen LogP contribution in [0.15, 0.2) is 18.2 Å². The smallest absolute Gasteiger partial charge is 0.0950 e. The van der Waals surface area contributed by atoms with Crippen LogP contribution in [-0.2, 0) is 5.41 Å². The first-order valence-electron chi connectivity index (χ1n) is 11.7. The number of nitrogens with zero attached hydrogens (tertiary/aromatic N) is 1. The molecule has 4 bridgehead atoms. The summed E-state index contributed by atoms with van der Waals surface area (Å²) in [6.07, 6.45) is 10.7. The van der Waals surface area contributed by atoms with Gasteiger partial charge in [-0.25, -0.2) is 0 Å². The Balaban J connectivity index is 1.50. The van der Waals surface area contributed by atoms with E-state index in [1.54, 1.807) is 6.07 Å². The summed E-state index contributed by atoms with van der Waals surface area (Å²) in [5.41, 5.74) is 3.09. The van der Waals surface area contributed by atoms with Crippen LogP contribution < -0.4 is 5.32 Å². The van der Waals surface area contributed by atoms with E-state index in [-0.39, 0.29) is 11.5 Å². The van der Waals surface area contributed by atoms with Crippen molar-refractivity contribution in [2.24, 2.45) is 17.8 Å². The number of rotatable bonds is 3. The van der Waals surface area contributed by atoms with Crippen LogP contribution in [0, 0.1) is 17.8 Å². The summed E-state index contributed by atoms with van der Waals surface area (Å²) in [4.78, 5) is 5.17. The highest BCUT2D eigenvalue weighted by Crippen LogP contribution is 2.60. The van der Waals surface area contributed by atoms with Crippen LogP contribution in [0.4, 0.5) is 0 Å². The second kappa shape index (κ2) is 7.33. The maximum absolute atomic E-state index is 11.5. The van der Waals surface area contributed by atoms with E-state index < -0.39 is 6.10 Å². The second-order valence-corrected chi connectivity index (χ2v) is 11.4. The third-order valence-electron chi connectivity index (χ3n) is 8.49. The molecule has 4 aliphatic carbocycles. The Bertz CT molecular complexity index is 949. The molecule has 0 amide bonds. The van der Waals surface area contributed by atoms with Gasteiger partial charge in [-0.2, -0.15) is 0 Å². The standard InChI is InChI=1S/C25H30Cl2N2O/c26-17-8-18-19(24(30)21-3-1-2-4-28-21)10-22(29-23(18)20(27)9-17)25-11-14-5-15(12-25)7-16(6-14)13-25/h8-10,14-16,21,24,28,30H,1-7,11-13H2/t14?,15?,16?,21-,24+,25?/m0/s1. The van der Waals surface area contributed by atoms with Crippen LogP contribution in [0.5, 0.6) is 0 Å². The number of hydrogen-bond donors (Lipinski definition) is 2. The molecule has 1 aromatic heterocycles. The van der Waals surface area contributed by atoms with E-state index in [9.17, 15) is 5.11 Å². The molecule has 0 radical (unpaired) electrons. The summed E-state index contributed by atoms with van der Waals surface area (Å²) in [6.45, 7) is 0.966. The van der Waals surface area contributed by atoms with E-state index >= 15 is 0 Å². The fourth-order valence-electron chi connectivity index (χ4n) is 7.58. The predicted molar refractivity (Wildman–Crippen MR) is 122 cm³/mol. The Labute approximate surface area is 188 Å². The molecule has 30 heavy (non-hydrogen) atoms. The summed E-state index contributed by atoms with van der Waals surface area (Å²) in [7, 11) is 0. The Morgan fingerprint density at radius 1 is 1.00 bits per heavy atom. The Kier molecular flexibility index (Phi) is 4.84. The van der Waals surface area contributed by atoms with Gasteiger partial charge in [0.2, 0.25) is 0 Å². The van der Waals surface area contributed by atoms with E-state index in [4.69, 9.17) is 28.2 Å². The van der Waals surface area contributed by atoms with Gasteiger partial charge in [0.05, 0.1) is 16.6 Å². The van der Waals surface area contributed by atoms with Crippen molar-refractivity contribution in [2.75, 3.05) is 6.54 Å². The van der Waals surface area contributed by atoms with E-state index in [0.29, 0.717) is 10.0 Å². The van der Waals surface area contributed by atoms with Crippen molar-refractivity contribution in [3.8, 4) is 0 Å². The van der Waals surface area contributed by atoms with Crippen molar-refractivity contribution in [1.29, 1.82) is 0 Å². The molecular formula is C25H30Cl2N2O. The first-order chi connectivity index (χ1) is 14.5. The van der Waals surface area contributed by atoms with Crippen molar-refractivity contribution in [1.82, 2.24) is 10.3 Å². The number of fused-ring (bicyclic) bond motifs is 1. The second-order valence-electron chi connectivity index (χ2n) is 10.6. The lowest BCUT2D eigenvalue weighted by molar-refractivity contribution is -0.00720. The quantitative estimate of drug-likeness (QED) is 0.593. The molecule has 2 aromatic rings. The van der Waals surface area contributed by atoms with E-state index in [1.165, 1.54) is 50.6 Å². The normalized spacial score (nSPS) is 36.4. The molecule has 3 nitrogen and oxygen atoms in total. The third kappa shape index (κ3) is 3.20. The van der Waals surface area contributed by atoms with E-state index in [1.807, 2.05) is 6.07 Å². The number of pyridine rings is 1. The summed E-state index contributed by atoms with van der Waals surface area (Å²) in [5.74, 6) is 2.55. The molecule has 7 rings (SSSR count). The van der Waals surface area contributed by atoms with Crippen LogP contribution in [-0.4, -0.2) is 22.7 Å². The lowest BCUT2D eigenvalue weighted by Gasteiger charge is -2.56. The molecule has 0 unspecified atom stereocenters. The number of aliphatic hydroxyl groups excluding tert-OH is 1. The number of piperidine rings is 1. The lowest BCUT2D eigenvalue weighted by Crippen LogP contribution is -2.49. The Morgan fingerprint density at radius 2 is 1.70 bits per heavy atom. The fraction of sp³-hybridized carbons (Fsp3) is 0.640. The summed E-state index contributed by atoms with van der Waals surface area (Å²) < 4.78 is 0. The lowest BCUT2D eigenvalue weighted by atomic mass is 9.48. The van der Waals surface area contributed by atoms with Gasteiger partial charge in [0.15, 0.2) is 0 Å². The molecule has 1 aromatic carbocycles. The minimum atomic E-state index is -0.571. The monoisotopic (exact) mass is 444 g/mol. The Morgan fingerprint density at radius 3 is 2.33 bits per heavy atom. The molecule has 1 saturated heterocycles. The average Bonchev–Trinajstić information content (AvgIpc) is 2.72. The maximum atomic E-state index is 11.5. The van der Waals surface area contributed by atoms with Gasteiger partial charge in [0.25, 0.3) is 0 Å². The van der Waals surface area contributed by atoms with Gasteiger partial charge in [0, 0.05) is 27.6 Å². The molecule has 2 heterocycles. The number of aromatic nitrogens is 1. The molecule has 5 aliphatic rings. The largest absolute Gasteiger partial charge is 0.387 e. The van der Waals surface area contributed by atoms with Gasteiger partial charge in [0.1, 0.15) is 0 Å². The van der Waals surface area contributed by atoms with Gasteiger partial charge in [-0.15, -0.1) is 0 Å². The van der Waals surface area contributed by atoms with Crippen LogP contribution in [0.3, 0.4) is 0 Å². The van der Waals surface area contributed by atoms with Crippen molar-refractivity contribution in [2.45, 2.75) is 75.3 Å². The average molecular weight is 445 g/mol. The van der Waals surface area contributed by atoms with E-state index in [2.05, 4.69) is 11.4 Å². The van der Waals surface area contributed by atoms with Gasteiger partial charge < -0.3 is 10.4 Å². The maximum Gasteiger partial charge on any atom is 0.0950 e. The number of benzene rings is 1. The number of nitrogens with one attached hydrogen (secondary N) is 1. The summed E-state index contributed by atoms with van der Waals surface area (Å²) in [6, 6.07) is 6.02. The van der Waals surface area contributed by atoms with Crippen molar-refractivity contribution < 1.29 is 5.11 Å². The first kappa shape index (κ1) is 19.8. The topological polar surface area (TPSA) is 45.2 Å². The highest BCUT2D eigenvalue weighted by molar-refractivity contribution is 6.38. The third-order valence-corrected chi connectivity index (χ3v) is 9.00. The molecule has 2 atom stereocenters. The molecular weight excluding hydrogens is 415 g/mol.